The van der Waals surface area contributed by atoms with Crippen LogP contribution in [-0.2, 0) is 11.3 Å². The molecule has 3 aromatic carbocycles. The predicted molar refractivity (Wildman–Crippen MR) is 134 cm³/mol. The second-order valence-corrected chi connectivity index (χ2v) is 8.88. The molecule has 0 bridgehead atoms. The van der Waals surface area contributed by atoms with Gasteiger partial charge in [-0.05, 0) is 67.1 Å². The number of ether oxygens (including phenoxy) is 2. The molecule has 0 N–H and O–H groups in total. The van der Waals surface area contributed by atoms with Crippen molar-refractivity contribution in [3.05, 3.63) is 83.1 Å². The van der Waals surface area contributed by atoms with Gasteiger partial charge in [0.15, 0.2) is 0 Å². The maximum atomic E-state index is 12.9. The normalized spacial score (nSPS) is 15.8. The summed E-state index contributed by atoms with van der Waals surface area (Å²) in [5.74, 6) is 2.57. The standard InChI is InChI=1S/C27H26ClN3O3/c1-18-15-22(11-12-23(18)28)34-14-13-30-25-6-4-3-5-24(25)29-27(30)19-16-26(32)31(17-19)20-7-9-21(33-2)10-8-20/h3-12,15,19H,13-14,16-17H2,1-2H3. The van der Waals surface area contributed by atoms with Crippen LogP contribution in [0, 0.1) is 6.92 Å². The number of methoxy groups -OCH3 is 1. The molecule has 1 aliphatic heterocycles. The topological polar surface area (TPSA) is 56.6 Å². The summed E-state index contributed by atoms with van der Waals surface area (Å²) in [6.45, 7) is 3.66. The number of rotatable bonds is 7. The van der Waals surface area contributed by atoms with Crippen molar-refractivity contribution < 1.29 is 14.3 Å². The summed E-state index contributed by atoms with van der Waals surface area (Å²) in [5.41, 5.74) is 3.83. The zero-order valence-corrected chi connectivity index (χ0v) is 20.0. The molecule has 1 unspecified atom stereocenters. The SMILES string of the molecule is COc1ccc(N2CC(c3nc4ccccc4n3CCOc3ccc(Cl)c(C)c3)CC2=O)cc1. The largest absolute Gasteiger partial charge is 0.497 e. The quantitative estimate of drug-likeness (QED) is 0.349. The minimum Gasteiger partial charge on any atom is -0.497 e. The highest BCUT2D eigenvalue weighted by atomic mass is 35.5. The molecule has 1 amide bonds. The first-order chi connectivity index (χ1) is 16.5. The lowest BCUT2D eigenvalue weighted by Gasteiger charge is -2.18. The third-order valence-corrected chi connectivity index (χ3v) is 6.70. The van der Waals surface area contributed by atoms with E-state index in [-0.39, 0.29) is 11.8 Å². The molecule has 1 saturated heterocycles. The summed E-state index contributed by atoms with van der Waals surface area (Å²) in [4.78, 5) is 19.7. The van der Waals surface area contributed by atoms with Crippen molar-refractivity contribution in [2.75, 3.05) is 25.2 Å². The van der Waals surface area contributed by atoms with E-state index in [4.69, 9.17) is 26.1 Å². The number of anilines is 1. The number of carbonyl (C=O) groups is 1. The fourth-order valence-corrected chi connectivity index (χ4v) is 4.61. The Morgan fingerprint density at radius 2 is 1.82 bits per heavy atom. The van der Waals surface area contributed by atoms with Gasteiger partial charge in [-0.25, -0.2) is 4.98 Å². The van der Waals surface area contributed by atoms with Crippen LogP contribution >= 0.6 is 11.6 Å². The van der Waals surface area contributed by atoms with Crippen LogP contribution in [0.3, 0.4) is 0 Å². The smallest absolute Gasteiger partial charge is 0.227 e. The van der Waals surface area contributed by atoms with Gasteiger partial charge in [0.25, 0.3) is 0 Å². The molecule has 0 saturated carbocycles. The van der Waals surface area contributed by atoms with Crippen LogP contribution < -0.4 is 14.4 Å². The summed E-state index contributed by atoms with van der Waals surface area (Å²) < 4.78 is 13.5. The van der Waals surface area contributed by atoms with E-state index in [2.05, 4.69) is 10.6 Å². The van der Waals surface area contributed by atoms with E-state index in [1.165, 1.54) is 0 Å². The van der Waals surface area contributed by atoms with Crippen molar-refractivity contribution in [1.82, 2.24) is 9.55 Å². The van der Waals surface area contributed by atoms with Gasteiger partial charge in [-0.1, -0.05) is 23.7 Å². The predicted octanol–water partition coefficient (Wildman–Crippen LogP) is 5.61. The van der Waals surface area contributed by atoms with Gasteiger partial charge in [0, 0.05) is 29.6 Å². The van der Waals surface area contributed by atoms with E-state index in [1.807, 2.05) is 72.5 Å². The molecule has 4 aromatic rings. The van der Waals surface area contributed by atoms with Crippen LogP contribution in [0.5, 0.6) is 11.5 Å². The molecule has 1 fully saturated rings. The monoisotopic (exact) mass is 475 g/mol. The number of nitrogens with zero attached hydrogens (tertiary/aromatic N) is 3. The summed E-state index contributed by atoms with van der Waals surface area (Å²) >= 11 is 6.13. The lowest BCUT2D eigenvalue weighted by atomic mass is 10.1. The number of hydrogen-bond donors (Lipinski definition) is 0. The van der Waals surface area contributed by atoms with Gasteiger partial charge in [0.2, 0.25) is 5.91 Å². The van der Waals surface area contributed by atoms with E-state index < -0.39 is 0 Å². The van der Waals surface area contributed by atoms with Gasteiger partial charge in [-0.15, -0.1) is 0 Å². The van der Waals surface area contributed by atoms with E-state index in [9.17, 15) is 4.79 Å². The third kappa shape index (κ3) is 4.33. The van der Waals surface area contributed by atoms with Crippen molar-refractivity contribution in [3.8, 4) is 11.5 Å². The van der Waals surface area contributed by atoms with Crippen LogP contribution in [0.2, 0.25) is 5.02 Å². The highest BCUT2D eigenvalue weighted by Crippen LogP contribution is 2.34. The minimum absolute atomic E-state index is 0.000206. The van der Waals surface area contributed by atoms with Crippen molar-refractivity contribution in [1.29, 1.82) is 0 Å². The number of para-hydroxylation sites is 2. The Bertz CT molecular complexity index is 1330. The number of imidazole rings is 1. The molecule has 1 atom stereocenters. The zero-order valence-electron chi connectivity index (χ0n) is 19.2. The van der Waals surface area contributed by atoms with Gasteiger partial charge in [0.1, 0.15) is 23.9 Å². The number of hydrogen-bond acceptors (Lipinski definition) is 4. The molecule has 5 rings (SSSR count). The van der Waals surface area contributed by atoms with Gasteiger partial charge >= 0.3 is 0 Å². The van der Waals surface area contributed by atoms with Crippen molar-refractivity contribution in [2.45, 2.75) is 25.8 Å². The average molecular weight is 476 g/mol. The zero-order chi connectivity index (χ0) is 23.7. The van der Waals surface area contributed by atoms with Gasteiger partial charge < -0.3 is 18.9 Å². The first-order valence-corrected chi connectivity index (χ1v) is 11.7. The first kappa shape index (κ1) is 22.3. The molecule has 7 heteroatoms. The first-order valence-electron chi connectivity index (χ1n) is 11.3. The highest BCUT2D eigenvalue weighted by Gasteiger charge is 2.34. The Morgan fingerprint density at radius 3 is 2.59 bits per heavy atom. The second-order valence-electron chi connectivity index (χ2n) is 8.47. The lowest BCUT2D eigenvalue weighted by molar-refractivity contribution is -0.117. The van der Waals surface area contributed by atoms with Gasteiger partial charge in [0.05, 0.1) is 24.7 Å². The van der Waals surface area contributed by atoms with E-state index in [0.717, 1.165) is 44.6 Å². The Kier molecular flexibility index (Phi) is 6.16. The van der Waals surface area contributed by atoms with Crippen LogP contribution in [0.25, 0.3) is 11.0 Å². The van der Waals surface area contributed by atoms with Crippen LogP contribution in [-0.4, -0.2) is 35.7 Å². The fraction of sp³-hybridized carbons (Fsp3) is 0.259. The Balaban J connectivity index is 1.38. The highest BCUT2D eigenvalue weighted by molar-refractivity contribution is 6.31. The minimum atomic E-state index is -0.000206. The number of halogens is 1. The Labute approximate surface area is 203 Å². The van der Waals surface area contributed by atoms with E-state index in [0.29, 0.717) is 26.1 Å². The average Bonchev–Trinajstić information content (AvgIpc) is 3.42. The van der Waals surface area contributed by atoms with Crippen LogP contribution in [0.15, 0.2) is 66.7 Å². The van der Waals surface area contributed by atoms with Crippen LogP contribution in [0.4, 0.5) is 5.69 Å². The van der Waals surface area contributed by atoms with Gasteiger partial charge in [-0.3, -0.25) is 4.79 Å². The number of benzene rings is 3. The van der Waals surface area contributed by atoms with E-state index >= 15 is 0 Å². The van der Waals surface area contributed by atoms with Crippen molar-refractivity contribution >= 4 is 34.2 Å². The van der Waals surface area contributed by atoms with Crippen LogP contribution in [0.1, 0.15) is 23.7 Å². The summed E-state index contributed by atoms with van der Waals surface area (Å²) in [6.07, 6.45) is 0.423. The number of amides is 1. The number of fused-ring (bicyclic) bond motifs is 1. The third-order valence-electron chi connectivity index (χ3n) is 6.27. The number of carbonyl (C=O) groups excluding carboxylic acids is 1. The number of aromatic nitrogens is 2. The number of aryl methyl sites for hydroxylation is 1. The molecule has 1 aromatic heterocycles. The second kappa shape index (κ2) is 9.39. The summed E-state index contributed by atoms with van der Waals surface area (Å²) in [7, 11) is 1.63. The fourth-order valence-electron chi connectivity index (χ4n) is 4.49. The Hall–Kier alpha value is -3.51. The van der Waals surface area contributed by atoms with Crippen molar-refractivity contribution in [2.24, 2.45) is 0 Å². The molecule has 2 heterocycles. The van der Waals surface area contributed by atoms with Crippen molar-refractivity contribution in [3.63, 3.8) is 0 Å². The maximum absolute atomic E-state index is 12.9. The molecule has 1 aliphatic rings. The van der Waals surface area contributed by atoms with Gasteiger partial charge in [-0.2, -0.15) is 0 Å². The summed E-state index contributed by atoms with van der Waals surface area (Å²) in [5, 5.41) is 0.725. The lowest BCUT2D eigenvalue weighted by Crippen LogP contribution is -2.24. The maximum Gasteiger partial charge on any atom is 0.227 e. The molecular formula is C27H26ClN3O3. The molecule has 34 heavy (non-hydrogen) atoms. The molecule has 6 nitrogen and oxygen atoms in total. The Morgan fingerprint density at radius 1 is 1.06 bits per heavy atom. The molecular weight excluding hydrogens is 450 g/mol. The molecule has 0 spiro atoms. The summed E-state index contributed by atoms with van der Waals surface area (Å²) in [6, 6.07) is 21.3. The molecule has 174 valence electrons. The molecule has 0 aliphatic carbocycles. The molecule has 0 radical (unpaired) electrons. The van der Waals surface area contributed by atoms with E-state index in [1.54, 1.807) is 7.11 Å².